The summed E-state index contributed by atoms with van der Waals surface area (Å²) < 4.78 is 4.65. The van der Waals surface area contributed by atoms with Crippen molar-refractivity contribution < 1.29 is 14.3 Å². The molecular weight excluding hydrogens is 268 g/mol. The van der Waals surface area contributed by atoms with Gasteiger partial charge < -0.3 is 10.1 Å². The van der Waals surface area contributed by atoms with Crippen molar-refractivity contribution in [3.05, 3.63) is 11.6 Å². The van der Waals surface area contributed by atoms with E-state index in [2.05, 4.69) is 16.1 Å². The molecule has 1 amide bonds. The molecule has 1 aliphatic rings. The minimum Gasteiger partial charge on any atom is -0.468 e. The van der Waals surface area contributed by atoms with E-state index in [4.69, 9.17) is 0 Å². The lowest BCUT2D eigenvalue weighted by Crippen LogP contribution is -2.40. The Hall–Kier alpha value is -1.36. The number of methoxy groups -OCH3 is 1. The van der Waals surface area contributed by atoms with Crippen molar-refractivity contribution in [1.82, 2.24) is 10.2 Å². The standard InChI is InChI=1S/C16H28N2O3/c1-3-11-18(13-16(20)21-2)12-15(19)17-10-9-14-7-5-4-6-8-14/h7H,3-6,8-13H2,1-2H3,(H,17,19). The minimum atomic E-state index is -0.302. The normalized spacial score (nSPS) is 14.7. The molecule has 0 unspecified atom stereocenters. The van der Waals surface area contributed by atoms with Crippen LogP contribution in [0, 0.1) is 0 Å². The maximum absolute atomic E-state index is 11.9. The van der Waals surface area contributed by atoms with E-state index >= 15 is 0 Å². The van der Waals surface area contributed by atoms with Crippen LogP contribution in [0.4, 0.5) is 0 Å². The highest BCUT2D eigenvalue weighted by Gasteiger charge is 2.14. The lowest BCUT2D eigenvalue weighted by Gasteiger charge is -2.20. The molecule has 1 rings (SSSR count). The van der Waals surface area contributed by atoms with Gasteiger partial charge in [0, 0.05) is 6.54 Å². The van der Waals surface area contributed by atoms with Gasteiger partial charge in [-0.3, -0.25) is 14.5 Å². The molecule has 1 aliphatic carbocycles. The van der Waals surface area contributed by atoms with Gasteiger partial charge in [0.05, 0.1) is 20.2 Å². The summed E-state index contributed by atoms with van der Waals surface area (Å²) in [5.74, 6) is -0.327. The van der Waals surface area contributed by atoms with E-state index in [9.17, 15) is 9.59 Å². The largest absolute Gasteiger partial charge is 0.468 e. The third-order valence-corrected chi connectivity index (χ3v) is 3.64. The van der Waals surface area contributed by atoms with E-state index in [1.807, 2.05) is 11.8 Å². The van der Waals surface area contributed by atoms with Crippen LogP contribution in [0.15, 0.2) is 11.6 Å². The van der Waals surface area contributed by atoms with Gasteiger partial charge in [0.2, 0.25) is 5.91 Å². The molecule has 5 heteroatoms. The van der Waals surface area contributed by atoms with Crippen LogP contribution in [-0.2, 0) is 14.3 Å². The van der Waals surface area contributed by atoms with E-state index < -0.39 is 0 Å². The Labute approximate surface area is 127 Å². The van der Waals surface area contributed by atoms with Crippen molar-refractivity contribution in [2.45, 2.75) is 45.4 Å². The average Bonchev–Trinajstić information content (AvgIpc) is 2.48. The summed E-state index contributed by atoms with van der Waals surface area (Å²) in [6.45, 7) is 3.85. The molecule has 5 nitrogen and oxygen atoms in total. The first-order valence-electron chi connectivity index (χ1n) is 7.89. The fourth-order valence-electron chi connectivity index (χ4n) is 2.53. The van der Waals surface area contributed by atoms with Gasteiger partial charge in [0.25, 0.3) is 0 Å². The summed E-state index contributed by atoms with van der Waals surface area (Å²) in [4.78, 5) is 25.0. The maximum atomic E-state index is 11.9. The zero-order chi connectivity index (χ0) is 15.5. The number of ether oxygens (including phenoxy) is 1. The van der Waals surface area contributed by atoms with Gasteiger partial charge in [-0.25, -0.2) is 0 Å². The number of rotatable bonds is 9. The van der Waals surface area contributed by atoms with Gasteiger partial charge >= 0.3 is 5.97 Å². The van der Waals surface area contributed by atoms with Crippen LogP contribution in [-0.4, -0.2) is 50.1 Å². The Kier molecular flexibility index (Phi) is 8.74. The molecule has 0 radical (unpaired) electrons. The Morgan fingerprint density at radius 1 is 1.33 bits per heavy atom. The molecule has 120 valence electrons. The first kappa shape index (κ1) is 17.7. The van der Waals surface area contributed by atoms with Crippen LogP contribution in [0.5, 0.6) is 0 Å². The summed E-state index contributed by atoms with van der Waals surface area (Å²) in [6, 6.07) is 0. The average molecular weight is 296 g/mol. The molecule has 0 aromatic rings. The molecule has 0 fully saturated rings. The molecule has 0 aromatic carbocycles. The van der Waals surface area contributed by atoms with Crippen molar-refractivity contribution in [2.75, 3.05) is 33.3 Å². The van der Waals surface area contributed by atoms with E-state index in [0.29, 0.717) is 13.1 Å². The number of carbonyl (C=O) groups is 2. The summed E-state index contributed by atoms with van der Waals surface area (Å²) in [7, 11) is 1.37. The van der Waals surface area contributed by atoms with Crippen LogP contribution in [0.1, 0.15) is 45.4 Å². The number of hydrogen-bond acceptors (Lipinski definition) is 4. The van der Waals surface area contributed by atoms with Crippen molar-refractivity contribution in [3.8, 4) is 0 Å². The monoisotopic (exact) mass is 296 g/mol. The van der Waals surface area contributed by atoms with Crippen LogP contribution in [0.3, 0.4) is 0 Å². The fourth-order valence-corrected chi connectivity index (χ4v) is 2.53. The van der Waals surface area contributed by atoms with Crippen LogP contribution in [0.2, 0.25) is 0 Å². The minimum absolute atomic E-state index is 0.0243. The van der Waals surface area contributed by atoms with Gasteiger partial charge in [-0.15, -0.1) is 0 Å². The van der Waals surface area contributed by atoms with Gasteiger partial charge in [0.1, 0.15) is 0 Å². The van der Waals surface area contributed by atoms with Crippen LogP contribution >= 0.6 is 0 Å². The summed E-state index contributed by atoms with van der Waals surface area (Å²) in [5, 5.41) is 2.94. The molecule has 21 heavy (non-hydrogen) atoms. The van der Waals surface area contributed by atoms with Gasteiger partial charge in [0.15, 0.2) is 0 Å². The van der Waals surface area contributed by atoms with Crippen LogP contribution < -0.4 is 5.32 Å². The first-order valence-corrected chi connectivity index (χ1v) is 7.89. The zero-order valence-electron chi connectivity index (χ0n) is 13.3. The number of amides is 1. The Morgan fingerprint density at radius 3 is 2.76 bits per heavy atom. The SMILES string of the molecule is CCCN(CC(=O)NCCC1=CCCCC1)CC(=O)OC. The second-order valence-electron chi connectivity index (χ2n) is 5.49. The number of esters is 1. The van der Waals surface area contributed by atoms with E-state index in [1.54, 1.807) is 0 Å². The highest BCUT2D eigenvalue weighted by Crippen LogP contribution is 2.19. The maximum Gasteiger partial charge on any atom is 0.319 e. The molecule has 0 saturated carbocycles. The number of hydrogen-bond donors (Lipinski definition) is 1. The van der Waals surface area contributed by atoms with E-state index in [0.717, 1.165) is 12.8 Å². The highest BCUT2D eigenvalue weighted by atomic mass is 16.5. The predicted molar refractivity (Wildman–Crippen MR) is 82.9 cm³/mol. The van der Waals surface area contributed by atoms with Crippen LogP contribution in [0.25, 0.3) is 0 Å². The molecule has 0 aromatic heterocycles. The predicted octanol–water partition coefficient (Wildman–Crippen LogP) is 1.88. The highest BCUT2D eigenvalue weighted by molar-refractivity contribution is 5.79. The van der Waals surface area contributed by atoms with Crippen molar-refractivity contribution in [3.63, 3.8) is 0 Å². The van der Waals surface area contributed by atoms with E-state index in [1.165, 1.54) is 38.4 Å². The van der Waals surface area contributed by atoms with Gasteiger partial charge in [-0.1, -0.05) is 18.6 Å². The Balaban J connectivity index is 2.25. The topological polar surface area (TPSA) is 58.6 Å². The third kappa shape index (κ3) is 7.85. The molecule has 0 aliphatic heterocycles. The Bertz CT molecular complexity index is 367. The molecule has 1 N–H and O–H groups in total. The lowest BCUT2D eigenvalue weighted by atomic mass is 9.97. The zero-order valence-corrected chi connectivity index (χ0v) is 13.3. The quantitative estimate of drug-likeness (QED) is 0.521. The number of nitrogens with zero attached hydrogens (tertiary/aromatic N) is 1. The van der Waals surface area contributed by atoms with Crippen molar-refractivity contribution >= 4 is 11.9 Å². The fraction of sp³-hybridized carbons (Fsp3) is 0.750. The van der Waals surface area contributed by atoms with Crippen molar-refractivity contribution in [2.24, 2.45) is 0 Å². The van der Waals surface area contributed by atoms with Crippen molar-refractivity contribution in [1.29, 1.82) is 0 Å². The second-order valence-corrected chi connectivity index (χ2v) is 5.49. The van der Waals surface area contributed by atoms with Gasteiger partial charge in [-0.05, 0) is 45.1 Å². The number of nitrogens with one attached hydrogen (secondary N) is 1. The molecule has 0 bridgehead atoms. The molecule has 0 spiro atoms. The van der Waals surface area contributed by atoms with Gasteiger partial charge in [-0.2, -0.15) is 0 Å². The number of allylic oxidation sites excluding steroid dienone is 1. The summed E-state index contributed by atoms with van der Waals surface area (Å²) in [6.07, 6.45) is 9.04. The van der Waals surface area contributed by atoms with E-state index in [-0.39, 0.29) is 25.0 Å². The summed E-state index contributed by atoms with van der Waals surface area (Å²) in [5.41, 5.74) is 1.46. The smallest absolute Gasteiger partial charge is 0.319 e. The summed E-state index contributed by atoms with van der Waals surface area (Å²) >= 11 is 0. The molecule has 0 heterocycles. The molecule has 0 atom stereocenters. The lowest BCUT2D eigenvalue weighted by molar-refractivity contribution is -0.142. The molecule has 0 saturated heterocycles. The first-order chi connectivity index (χ1) is 10.2. The number of carbonyl (C=O) groups excluding carboxylic acids is 2. The second kappa shape index (κ2) is 10.4. The Morgan fingerprint density at radius 2 is 2.14 bits per heavy atom. The molecular formula is C16H28N2O3. The third-order valence-electron chi connectivity index (χ3n) is 3.64.